The third-order valence-electron chi connectivity index (χ3n) is 6.56. The number of rotatable bonds is 8. The topological polar surface area (TPSA) is 35.6 Å². The van der Waals surface area contributed by atoms with Crippen LogP contribution in [-0.2, 0) is 4.79 Å². The summed E-state index contributed by atoms with van der Waals surface area (Å²) >= 11 is 6.20. The molecule has 2 unspecified atom stereocenters. The monoisotopic (exact) mass is 441 g/mol. The second-order valence-corrected chi connectivity index (χ2v) is 9.33. The largest absolute Gasteiger partial charge is 0.385 e. The molecule has 5 heteroatoms. The average molecular weight is 442 g/mol. The van der Waals surface area contributed by atoms with Crippen molar-refractivity contribution in [3.05, 3.63) is 64.2 Å². The zero-order valence-corrected chi connectivity index (χ0v) is 20.1. The summed E-state index contributed by atoms with van der Waals surface area (Å²) in [6.07, 6.45) is 9.09. The van der Waals surface area contributed by atoms with Gasteiger partial charge in [0.25, 0.3) is 0 Å². The van der Waals surface area contributed by atoms with Crippen LogP contribution in [0.5, 0.6) is 0 Å². The van der Waals surface area contributed by atoms with Crippen molar-refractivity contribution >= 4 is 23.2 Å². The molecule has 1 amide bonds. The minimum Gasteiger partial charge on any atom is -0.385 e. The summed E-state index contributed by atoms with van der Waals surface area (Å²) in [5, 5.41) is 4.28. The summed E-state index contributed by atoms with van der Waals surface area (Å²) in [7, 11) is 0. The second-order valence-electron chi connectivity index (χ2n) is 8.93. The van der Waals surface area contributed by atoms with E-state index in [2.05, 4.69) is 27.2 Å². The van der Waals surface area contributed by atoms with Gasteiger partial charge in [-0.3, -0.25) is 4.79 Å². The molecular formula is C26H36ClN3O. The number of hydrogen-bond donors (Lipinski definition) is 1. The van der Waals surface area contributed by atoms with Gasteiger partial charge >= 0.3 is 0 Å². The Morgan fingerprint density at radius 2 is 1.87 bits per heavy atom. The first-order valence-electron chi connectivity index (χ1n) is 11.4. The molecule has 2 heterocycles. The Kier molecular flexibility index (Phi) is 8.39. The van der Waals surface area contributed by atoms with Gasteiger partial charge in [0.15, 0.2) is 0 Å². The van der Waals surface area contributed by atoms with Crippen LogP contribution < -0.4 is 5.32 Å². The Morgan fingerprint density at radius 3 is 2.52 bits per heavy atom. The average Bonchev–Trinajstić information content (AvgIpc) is 3.31. The molecule has 1 aromatic rings. The molecule has 0 bridgehead atoms. The molecule has 2 atom stereocenters. The molecule has 2 saturated heterocycles. The van der Waals surface area contributed by atoms with Crippen LogP contribution in [0.4, 0.5) is 5.69 Å². The van der Waals surface area contributed by atoms with Crippen molar-refractivity contribution < 1.29 is 4.79 Å². The standard InChI is InChI=1S/C26H36ClN3O/c1-5-6-7-9-19(2)21(4)26(31)30-17-22-15-29(16-23(22)18-30)13-8-12-28-24-11-10-20(3)25(27)14-24/h5-7,9-11,14,22-23,28H,8,12-13,15-18H2,1-4H3/b6-5+,9-7-,21-19+. The number of amides is 1. The summed E-state index contributed by atoms with van der Waals surface area (Å²) in [6.45, 7) is 14.0. The van der Waals surface area contributed by atoms with E-state index in [9.17, 15) is 4.79 Å². The second kappa shape index (κ2) is 11.0. The summed E-state index contributed by atoms with van der Waals surface area (Å²) in [6, 6.07) is 6.13. The molecule has 0 aromatic heterocycles. The number of aryl methyl sites for hydroxylation is 1. The van der Waals surface area contributed by atoms with Gasteiger partial charge in [-0.2, -0.15) is 0 Å². The Balaban J connectivity index is 1.41. The predicted molar refractivity (Wildman–Crippen MR) is 132 cm³/mol. The lowest BCUT2D eigenvalue weighted by atomic mass is 10.0. The van der Waals surface area contributed by atoms with Crippen LogP contribution in [0.2, 0.25) is 5.02 Å². The maximum absolute atomic E-state index is 12.9. The lowest BCUT2D eigenvalue weighted by Gasteiger charge is -2.22. The smallest absolute Gasteiger partial charge is 0.249 e. The maximum atomic E-state index is 12.9. The predicted octanol–water partition coefficient (Wildman–Crippen LogP) is 5.31. The molecule has 168 valence electrons. The van der Waals surface area contributed by atoms with E-state index < -0.39 is 0 Å². The molecule has 0 radical (unpaired) electrons. The number of hydrogen-bond acceptors (Lipinski definition) is 3. The van der Waals surface area contributed by atoms with Crippen LogP contribution in [0.15, 0.2) is 53.6 Å². The minimum atomic E-state index is 0.199. The SMILES string of the molecule is C/C=C/C=C\C(C)=C(/C)C(=O)N1CC2CN(CCCNc3ccc(C)c(Cl)c3)CC2C1. The molecule has 4 nitrogen and oxygen atoms in total. The molecule has 0 saturated carbocycles. The quantitative estimate of drug-likeness (QED) is 0.337. The lowest BCUT2D eigenvalue weighted by Crippen LogP contribution is -2.34. The van der Waals surface area contributed by atoms with Gasteiger partial charge < -0.3 is 15.1 Å². The van der Waals surface area contributed by atoms with Crippen LogP contribution in [0.25, 0.3) is 0 Å². The van der Waals surface area contributed by atoms with Crippen molar-refractivity contribution in [3.8, 4) is 0 Å². The fourth-order valence-corrected chi connectivity index (χ4v) is 4.70. The number of likely N-dealkylation sites (tertiary alicyclic amines) is 2. The van der Waals surface area contributed by atoms with E-state index in [1.807, 2.05) is 58.1 Å². The molecule has 0 aliphatic carbocycles. The van der Waals surface area contributed by atoms with Crippen LogP contribution in [0, 0.1) is 18.8 Å². The zero-order valence-electron chi connectivity index (χ0n) is 19.3. The number of benzene rings is 1. The number of nitrogens with zero attached hydrogens (tertiary/aromatic N) is 2. The molecule has 31 heavy (non-hydrogen) atoms. The number of carbonyl (C=O) groups excluding carboxylic acids is 1. The maximum Gasteiger partial charge on any atom is 0.249 e. The molecule has 0 spiro atoms. The normalized spacial score (nSPS) is 22.4. The highest BCUT2D eigenvalue weighted by molar-refractivity contribution is 6.31. The Hall–Kier alpha value is -2.04. The van der Waals surface area contributed by atoms with Crippen molar-refractivity contribution in [3.63, 3.8) is 0 Å². The van der Waals surface area contributed by atoms with E-state index in [0.29, 0.717) is 11.8 Å². The third kappa shape index (κ3) is 6.24. The molecular weight excluding hydrogens is 406 g/mol. The fraction of sp³-hybridized carbons (Fsp3) is 0.500. The Morgan fingerprint density at radius 1 is 1.16 bits per heavy atom. The van der Waals surface area contributed by atoms with E-state index >= 15 is 0 Å². The number of nitrogens with one attached hydrogen (secondary N) is 1. The van der Waals surface area contributed by atoms with Crippen molar-refractivity contribution in [1.82, 2.24) is 9.80 Å². The van der Waals surface area contributed by atoms with Crippen LogP contribution in [0.3, 0.4) is 0 Å². The molecule has 2 aliphatic rings. The number of halogens is 1. The van der Waals surface area contributed by atoms with Gasteiger partial charge in [-0.15, -0.1) is 0 Å². The summed E-state index contributed by atoms with van der Waals surface area (Å²) in [5.74, 6) is 1.42. The number of fused-ring (bicyclic) bond motifs is 1. The Labute approximate surface area is 192 Å². The van der Waals surface area contributed by atoms with E-state index in [-0.39, 0.29) is 5.91 Å². The van der Waals surface area contributed by atoms with Crippen molar-refractivity contribution in [2.75, 3.05) is 44.6 Å². The highest BCUT2D eigenvalue weighted by atomic mass is 35.5. The summed E-state index contributed by atoms with van der Waals surface area (Å²) in [4.78, 5) is 17.5. The van der Waals surface area contributed by atoms with E-state index in [1.165, 1.54) is 0 Å². The summed E-state index contributed by atoms with van der Waals surface area (Å²) < 4.78 is 0. The first-order valence-corrected chi connectivity index (χ1v) is 11.7. The van der Waals surface area contributed by atoms with Crippen LogP contribution in [-0.4, -0.2) is 55.0 Å². The van der Waals surface area contributed by atoms with Gasteiger partial charge in [0.2, 0.25) is 5.91 Å². The molecule has 2 aliphatic heterocycles. The number of allylic oxidation sites excluding steroid dienone is 5. The number of anilines is 1. The van der Waals surface area contributed by atoms with Gasteiger partial charge in [-0.1, -0.05) is 42.0 Å². The van der Waals surface area contributed by atoms with E-state index in [0.717, 1.165) is 73.1 Å². The van der Waals surface area contributed by atoms with Gasteiger partial charge in [0.05, 0.1) is 0 Å². The number of carbonyl (C=O) groups is 1. The highest BCUT2D eigenvalue weighted by Gasteiger charge is 2.41. The molecule has 1 aromatic carbocycles. The van der Waals surface area contributed by atoms with Gasteiger partial charge in [0, 0.05) is 49.0 Å². The zero-order chi connectivity index (χ0) is 22.4. The highest BCUT2D eigenvalue weighted by Crippen LogP contribution is 2.32. The molecule has 3 rings (SSSR count). The summed E-state index contributed by atoms with van der Waals surface area (Å²) in [5.41, 5.74) is 4.10. The first-order chi connectivity index (χ1) is 14.9. The van der Waals surface area contributed by atoms with Crippen LogP contribution >= 0.6 is 11.6 Å². The van der Waals surface area contributed by atoms with Crippen molar-refractivity contribution in [2.24, 2.45) is 11.8 Å². The van der Waals surface area contributed by atoms with Crippen LogP contribution in [0.1, 0.15) is 32.8 Å². The van der Waals surface area contributed by atoms with E-state index in [4.69, 9.17) is 11.6 Å². The molecule has 2 fully saturated rings. The van der Waals surface area contributed by atoms with Gasteiger partial charge in [-0.25, -0.2) is 0 Å². The van der Waals surface area contributed by atoms with E-state index in [1.54, 1.807) is 0 Å². The van der Waals surface area contributed by atoms with Gasteiger partial charge in [-0.05, 0) is 75.8 Å². The first kappa shape index (κ1) is 23.6. The van der Waals surface area contributed by atoms with Gasteiger partial charge in [0.1, 0.15) is 0 Å². The van der Waals surface area contributed by atoms with Crippen molar-refractivity contribution in [1.29, 1.82) is 0 Å². The minimum absolute atomic E-state index is 0.199. The molecule has 1 N–H and O–H groups in total. The Bertz CT molecular complexity index is 859. The fourth-order valence-electron chi connectivity index (χ4n) is 4.52. The lowest BCUT2D eigenvalue weighted by molar-refractivity contribution is -0.126. The third-order valence-corrected chi connectivity index (χ3v) is 6.97. The van der Waals surface area contributed by atoms with Crippen molar-refractivity contribution in [2.45, 2.75) is 34.1 Å².